The summed E-state index contributed by atoms with van der Waals surface area (Å²) < 4.78 is 5.16. The average Bonchev–Trinajstić information content (AvgIpc) is 2.53. The van der Waals surface area contributed by atoms with E-state index >= 15 is 0 Å². The molecule has 0 unspecified atom stereocenters. The van der Waals surface area contributed by atoms with Gasteiger partial charge in [0.25, 0.3) is 0 Å². The maximum absolute atomic E-state index is 5.16. The lowest BCUT2D eigenvalue weighted by molar-refractivity contribution is 0.414. The fourth-order valence-electron chi connectivity index (χ4n) is 2.22. The molecule has 0 spiro atoms. The largest absolute Gasteiger partial charge is 0.497 e. The molecule has 0 radical (unpaired) electrons. The summed E-state index contributed by atoms with van der Waals surface area (Å²) in [4.78, 5) is 0. The molecule has 0 atom stereocenters. The van der Waals surface area contributed by atoms with Crippen LogP contribution >= 0.6 is 0 Å². The molecule has 2 heteroatoms. The van der Waals surface area contributed by atoms with Crippen molar-refractivity contribution in [2.24, 2.45) is 0 Å². The number of aryl methyl sites for hydroxylation is 1. The molecule has 0 aromatic heterocycles. The lowest BCUT2D eigenvalue weighted by atomic mass is 10.1. The quantitative estimate of drug-likeness (QED) is 0.765. The van der Waals surface area contributed by atoms with Gasteiger partial charge in [0.05, 0.1) is 7.11 Å². The van der Waals surface area contributed by atoms with Gasteiger partial charge in [-0.05, 0) is 49.1 Å². The summed E-state index contributed by atoms with van der Waals surface area (Å²) in [6.45, 7) is 3.10. The van der Waals surface area contributed by atoms with E-state index in [9.17, 15) is 0 Å². The molecule has 0 saturated carbocycles. The first-order valence-electron chi connectivity index (χ1n) is 7.38. The zero-order valence-corrected chi connectivity index (χ0v) is 12.8. The van der Waals surface area contributed by atoms with Gasteiger partial charge in [0, 0.05) is 12.2 Å². The van der Waals surface area contributed by atoms with Gasteiger partial charge < -0.3 is 10.1 Å². The maximum atomic E-state index is 5.16. The molecule has 0 aliphatic rings. The summed E-state index contributed by atoms with van der Waals surface area (Å²) in [5.41, 5.74) is 3.79. The Bertz CT molecular complexity index is 558. The van der Waals surface area contributed by atoms with Crippen molar-refractivity contribution in [1.29, 1.82) is 0 Å². The Balaban J connectivity index is 1.72. The Labute approximate surface area is 127 Å². The van der Waals surface area contributed by atoms with Crippen molar-refractivity contribution in [3.05, 3.63) is 71.4 Å². The van der Waals surface area contributed by atoms with Crippen LogP contribution in [0.4, 0.5) is 0 Å². The molecular weight excluding hydrogens is 258 g/mol. The SMILES string of the molecule is COc1ccc(CCCN/C(C)=C/c2ccccc2)cc1. The predicted octanol–water partition coefficient (Wildman–Crippen LogP) is 4.28. The maximum Gasteiger partial charge on any atom is 0.118 e. The number of benzene rings is 2. The van der Waals surface area contributed by atoms with Gasteiger partial charge in [-0.25, -0.2) is 0 Å². The van der Waals surface area contributed by atoms with Crippen molar-refractivity contribution in [1.82, 2.24) is 5.32 Å². The summed E-state index contributed by atoms with van der Waals surface area (Å²) in [6, 6.07) is 18.7. The molecule has 0 bridgehead atoms. The van der Waals surface area contributed by atoms with Crippen LogP contribution in [0, 0.1) is 0 Å². The van der Waals surface area contributed by atoms with E-state index in [1.807, 2.05) is 18.2 Å². The summed E-state index contributed by atoms with van der Waals surface area (Å²) >= 11 is 0. The molecule has 0 heterocycles. The second-order valence-corrected chi connectivity index (χ2v) is 5.12. The normalized spacial score (nSPS) is 11.2. The van der Waals surface area contributed by atoms with Gasteiger partial charge >= 0.3 is 0 Å². The van der Waals surface area contributed by atoms with Crippen molar-refractivity contribution in [2.45, 2.75) is 19.8 Å². The summed E-state index contributed by atoms with van der Waals surface area (Å²) in [6.07, 6.45) is 4.37. The van der Waals surface area contributed by atoms with Crippen LogP contribution in [-0.4, -0.2) is 13.7 Å². The number of ether oxygens (including phenoxy) is 1. The van der Waals surface area contributed by atoms with Crippen molar-refractivity contribution < 1.29 is 4.74 Å². The van der Waals surface area contributed by atoms with Crippen LogP contribution in [0.5, 0.6) is 5.75 Å². The molecular formula is C19H23NO. The van der Waals surface area contributed by atoms with Gasteiger partial charge in [-0.1, -0.05) is 42.5 Å². The fourth-order valence-corrected chi connectivity index (χ4v) is 2.22. The average molecular weight is 281 g/mol. The van der Waals surface area contributed by atoms with E-state index in [2.05, 4.69) is 54.7 Å². The number of hydrogen-bond acceptors (Lipinski definition) is 2. The van der Waals surface area contributed by atoms with Crippen LogP contribution in [0.15, 0.2) is 60.3 Å². The second-order valence-electron chi connectivity index (χ2n) is 5.12. The Morgan fingerprint density at radius 1 is 1.05 bits per heavy atom. The Kier molecular flexibility index (Phi) is 5.89. The Morgan fingerprint density at radius 3 is 2.43 bits per heavy atom. The van der Waals surface area contributed by atoms with E-state index < -0.39 is 0 Å². The van der Waals surface area contributed by atoms with Gasteiger partial charge in [-0.2, -0.15) is 0 Å². The standard InChI is InChI=1S/C19H23NO/c1-16(15-18-7-4-3-5-8-18)20-14-6-9-17-10-12-19(21-2)13-11-17/h3-5,7-8,10-13,15,20H,6,9,14H2,1-2H3/b16-15+. The topological polar surface area (TPSA) is 21.3 Å². The van der Waals surface area contributed by atoms with Crippen LogP contribution < -0.4 is 10.1 Å². The van der Waals surface area contributed by atoms with Gasteiger partial charge in [0.15, 0.2) is 0 Å². The molecule has 2 nitrogen and oxygen atoms in total. The van der Waals surface area contributed by atoms with Crippen LogP contribution in [0.3, 0.4) is 0 Å². The van der Waals surface area contributed by atoms with Crippen molar-refractivity contribution in [3.8, 4) is 5.75 Å². The van der Waals surface area contributed by atoms with Gasteiger partial charge in [-0.3, -0.25) is 0 Å². The minimum Gasteiger partial charge on any atom is -0.497 e. The van der Waals surface area contributed by atoms with Crippen molar-refractivity contribution in [2.75, 3.05) is 13.7 Å². The minimum atomic E-state index is 0.915. The van der Waals surface area contributed by atoms with Crippen LogP contribution in [-0.2, 0) is 6.42 Å². The highest BCUT2D eigenvalue weighted by Crippen LogP contribution is 2.12. The van der Waals surface area contributed by atoms with Gasteiger partial charge in [-0.15, -0.1) is 0 Å². The Morgan fingerprint density at radius 2 is 1.76 bits per heavy atom. The molecule has 21 heavy (non-hydrogen) atoms. The van der Waals surface area contributed by atoms with Crippen molar-refractivity contribution >= 4 is 6.08 Å². The number of hydrogen-bond donors (Lipinski definition) is 1. The highest BCUT2D eigenvalue weighted by atomic mass is 16.5. The third-order valence-electron chi connectivity index (χ3n) is 3.39. The van der Waals surface area contributed by atoms with E-state index in [4.69, 9.17) is 4.74 Å². The number of nitrogens with one attached hydrogen (secondary N) is 1. The van der Waals surface area contributed by atoms with Crippen LogP contribution in [0.25, 0.3) is 6.08 Å². The summed E-state index contributed by atoms with van der Waals surface area (Å²) in [5, 5.41) is 3.46. The monoisotopic (exact) mass is 281 g/mol. The first kappa shape index (κ1) is 15.2. The number of methoxy groups -OCH3 is 1. The Hall–Kier alpha value is -2.22. The minimum absolute atomic E-state index is 0.915. The number of allylic oxidation sites excluding steroid dienone is 1. The van der Waals surface area contributed by atoms with Crippen molar-refractivity contribution in [3.63, 3.8) is 0 Å². The van der Waals surface area contributed by atoms with E-state index in [0.717, 1.165) is 25.1 Å². The smallest absolute Gasteiger partial charge is 0.118 e. The second kappa shape index (κ2) is 8.15. The first-order valence-corrected chi connectivity index (χ1v) is 7.38. The van der Waals surface area contributed by atoms with Crippen LogP contribution in [0.2, 0.25) is 0 Å². The fraction of sp³-hybridized carbons (Fsp3) is 0.263. The van der Waals surface area contributed by atoms with Gasteiger partial charge in [0.2, 0.25) is 0 Å². The predicted molar refractivity (Wildman–Crippen MR) is 89.4 cm³/mol. The third kappa shape index (κ3) is 5.35. The highest BCUT2D eigenvalue weighted by Gasteiger charge is 1.95. The van der Waals surface area contributed by atoms with E-state index in [0.29, 0.717) is 0 Å². The molecule has 2 aromatic rings. The third-order valence-corrected chi connectivity index (χ3v) is 3.39. The summed E-state index contributed by atoms with van der Waals surface area (Å²) in [5.74, 6) is 0.915. The molecule has 0 saturated heterocycles. The number of rotatable bonds is 7. The molecule has 0 aliphatic carbocycles. The first-order chi connectivity index (χ1) is 10.3. The molecule has 2 rings (SSSR count). The van der Waals surface area contributed by atoms with E-state index in [-0.39, 0.29) is 0 Å². The molecule has 0 aliphatic heterocycles. The zero-order chi connectivity index (χ0) is 14.9. The molecule has 110 valence electrons. The lowest BCUT2D eigenvalue weighted by Gasteiger charge is -2.07. The molecule has 2 aromatic carbocycles. The zero-order valence-electron chi connectivity index (χ0n) is 12.8. The lowest BCUT2D eigenvalue weighted by Crippen LogP contribution is -2.13. The summed E-state index contributed by atoms with van der Waals surface area (Å²) in [7, 11) is 1.70. The molecule has 1 N–H and O–H groups in total. The molecule has 0 fully saturated rings. The van der Waals surface area contributed by atoms with E-state index in [1.165, 1.54) is 16.8 Å². The highest BCUT2D eigenvalue weighted by molar-refractivity contribution is 5.51. The van der Waals surface area contributed by atoms with E-state index in [1.54, 1.807) is 7.11 Å². The molecule has 0 amide bonds. The van der Waals surface area contributed by atoms with Crippen LogP contribution in [0.1, 0.15) is 24.5 Å². The van der Waals surface area contributed by atoms with Gasteiger partial charge in [0.1, 0.15) is 5.75 Å².